The monoisotopic (exact) mass is 253 g/mol. The molecular weight excluding hydrogens is 230 g/mol. The molecule has 1 saturated carbocycles. The highest BCUT2D eigenvalue weighted by molar-refractivity contribution is 5.88. The Morgan fingerprint density at radius 2 is 2.11 bits per heavy atom. The summed E-state index contributed by atoms with van der Waals surface area (Å²) in [5, 5.41) is 5.75. The summed E-state index contributed by atoms with van der Waals surface area (Å²) in [7, 11) is 0. The van der Waals surface area contributed by atoms with Crippen LogP contribution in [0.2, 0.25) is 0 Å². The van der Waals surface area contributed by atoms with Gasteiger partial charge in [-0.1, -0.05) is 6.42 Å². The topological polar surface area (TPSA) is 84.2 Å². The number of carbonyl (C=O) groups is 2. The third-order valence-corrected chi connectivity index (χ3v) is 4.15. The highest BCUT2D eigenvalue weighted by Gasteiger charge is 2.34. The Bertz CT molecular complexity index is 319. The lowest BCUT2D eigenvalue weighted by Crippen LogP contribution is -2.48. The van der Waals surface area contributed by atoms with Gasteiger partial charge in [0.2, 0.25) is 11.8 Å². The van der Waals surface area contributed by atoms with Gasteiger partial charge >= 0.3 is 0 Å². The molecule has 5 nitrogen and oxygen atoms in total. The van der Waals surface area contributed by atoms with E-state index in [0.29, 0.717) is 12.5 Å². The molecule has 1 saturated heterocycles. The van der Waals surface area contributed by atoms with E-state index in [2.05, 4.69) is 10.6 Å². The summed E-state index contributed by atoms with van der Waals surface area (Å²) in [6.07, 6.45) is 5.73. The van der Waals surface area contributed by atoms with Gasteiger partial charge in [-0.15, -0.1) is 0 Å². The highest BCUT2D eigenvalue weighted by Crippen LogP contribution is 2.31. The lowest BCUT2D eigenvalue weighted by atomic mass is 9.95. The van der Waals surface area contributed by atoms with Gasteiger partial charge in [-0.3, -0.25) is 9.59 Å². The van der Waals surface area contributed by atoms with Gasteiger partial charge < -0.3 is 16.4 Å². The van der Waals surface area contributed by atoms with Crippen LogP contribution in [0.4, 0.5) is 0 Å². The van der Waals surface area contributed by atoms with E-state index in [1.807, 2.05) is 0 Å². The Morgan fingerprint density at radius 3 is 2.89 bits per heavy atom. The molecule has 5 heteroatoms. The lowest BCUT2D eigenvalue weighted by Gasteiger charge is -2.21. The Balaban J connectivity index is 1.91. The Morgan fingerprint density at radius 1 is 1.28 bits per heavy atom. The number of hydrogen-bond acceptors (Lipinski definition) is 3. The van der Waals surface area contributed by atoms with Crippen molar-refractivity contribution in [2.24, 2.45) is 17.6 Å². The van der Waals surface area contributed by atoms with Crippen molar-refractivity contribution in [2.45, 2.75) is 44.6 Å². The molecule has 0 aromatic heterocycles. The molecule has 0 spiro atoms. The van der Waals surface area contributed by atoms with Crippen molar-refractivity contribution >= 4 is 11.8 Å². The Kier molecular flexibility index (Phi) is 4.58. The second-order valence-electron chi connectivity index (χ2n) is 5.38. The average Bonchev–Trinajstić information content (AvgIpc) is 2.76. The molecule has 2 rings (SSSR count). The summed E-state index contributed by atoms with van der Waals surface area (Å²) in [4.78, 5) is 24.0. The fourth-order valence-electron chi connectivity index (χ4n) is 3.02. The number of rotatable bonds is 3. The molecule has 0 radical (unpaired) electrons. The van der Waals surface area contributed by atoms with Crippen molar-refractivity contribution in [3.05, 3.63) is 0 Å². The number of nitrogens with one attached hydrogen (secondary N) is 2. The summed E-state index contributed by atoms with van der Waals surface area (Å²) in [5.74, 6) is 0.276. The Hall–Kier alpha value is -1.10. The standard InChI is InChI=1S/C13H23N3O2/c14-8-9-4-3-5-10(9)12(17)16-11-6-1-2-7-15-13(11)18/h9-11H,1-8,14H2,(H,15,18)(H,16,17)/t9-,10-,11?/m1/s1. The van der Waals surface area contributed by atoms with Crippen LogP contribution in [0.3, 0.4) is 0 Å². The predicted octanol–water partition coefficient (Wildman–Crippen LogP) is 0.146. The third-order valence-electron chi connectivity index (χ3n) is 4.15. The normalized spacial score (nSPS) is 32.7. The van der Waals surface area contributed by atoms with Crippen molar-refractivity contribution < 1.29 is 9.59 Å². The summed E-state index contributed by atoms with van der Waals surface area (Å²) in [6, 6.07) is -0.348. The van der Waals surface area contributed by atoms with Crippen molar-refractivity contribution in [3.8, 4) is 0 Å². The smallest absolute Gasteiger partial charge is 0.242 e. The lowest BCUT2D eigenvalue weighted by molar-refractivity contribution is -0.131. The molecule has 4 N–H and O–H groups in total. The number of nitrogens with two attached hydrogens (primary N) is 1. The predicted molar refractivity (Wildman–Crippen MR) is 68.7 cm³/mol. The van der Waals surface area contributed by atoms with E-state index in [0.717, 1.165) is 45.1 Å². The fourth-order valence-corrected chi connectivity index (χ4v) is 3.02. The first-order chi connectivity index (χ1) is 8.72. The average molecular weight is 253 g/mol. The van der Waals surface area contributed by atoms with Gasteiger partial charge in [-0.05, 0) is 44.6 Å². The van der Waals surface area contributed by atoms with Crippen LogP contribution in [-0.4, -0.2) is 30.9 Å². The molecule has 18 heavy (non-hydrogen) atoms. The van der Waals surface area contributed by atoms with Gasteiger partial charge in [-0.2, -0.15) is 0 Å². The van der Waals surface area contributed by atoms with Crippen molar-refractivity contribution in [1.29, 1.82) is 0 Å². The molecule has 1 aliphatic heterocycles. The molecule has 2 fully saturated rings. The Labute approximate surface area is 108 Å². The maximum absolute atomic E-state index is 12.2. The van der Waals surface area contributed by atoms with Crippen molar-refractivity contribution in [3.63, 3.8) is 0 Å². The van der Waals surface area contributed by atoms with Crippen LogP contribution in [-0.2, 0) is 9.59 Å². The van der Waals surface area contributed by atoms with Gasteiger partial charge in [0.1, 0.15) is 6.04 Å². The minimum Gasteiger partial charge on any atom is -0.354 e. The fraction of sp³-hybridized carbons (Fsp3) is 0.846. The first kappa shape index (κ1) is 13.3. The summed E-state index contributed by atoms with van der Waals surface area (Å²) in [5.41, 5.74) is 5.69. The largest absolute Gasteiger partial charge is 0.354 e. The van der Waals surface area contributed by atoms with Gasteiger partial charge in [-0.25, -0.2) is 0 Å². The third kappa shape index (κ3) is 3.02. The van der Waals surface area contributed by atoms with E-state index < -0.39 is 0 Å². The van der Waals surface area contributed by atoms with E-state index in [4.69, 9.17) is 5.73 Å². The zero-order valence-electron chi connectivity index (χ0n) is 10.8. The van der Waals surface area contributed by atoms with E-state index >= 15 is 0 Å². The molecule has 1 unspecified atom stereocenters. The molecule has 0 bridgehead atoms. The van der Waals surface area contributed by atoms with E-state index in [-0.39, 0.29) is 23.8 Å². The molecule has 2 aliphatic rings. The minimum absolute atomic E-state index is 0.00560. The summed E-state index contributed by atoms with van der Waals surface area (Å²) in [6.45, 7) is 1.29. The van der Waals surface area contributed by atoms with Crippen LogP contribution in [0, 0.1) is 11.8 Å². The number of amides is 2. The van der Waals surface area contributed by atoms with E-state index in [1.165, 1.54) is 0 Å². The van der Waals surface area contributed by atoms with Crippen LogP contribution in [0.5, 0.6) is 0 Å². The molecule has 1 heterocycles. The van der Waals surface area contributed by atoms with Crippen LogP contribution < -0.4 is 16.4 Å². The van der Waals surface area contributed by atoms with E-state index in [1.54, 1.807) is 0 Å². The van der Waals surface area contributed by atoms with Crippen LogP contribution in [0.15, 0.2) is 0 Å². The van der Waals surface area contributed by atoms with Crippen LogP contribution in [0.25, 0.3) is 0 Å². The zero-order valence-corrected chi connectivity index (χ0v) is 10.8. The van der Waals surface area contributed by atoms with Crippen molar-refractivity contribution in [1.82, 2.24) is 10.6 Å². The quantitative estimate of drug-likeness (QED) is 0.669. The maximum Gasteiger partial charge on any atom is 0.242 e. The first-order valence-electron chi connectivity index (χ1n) is 7.00. The maximum atomic E-state index is 12.2. The van der Waals surface area contributed by atoms with Crippen molar-refractivity contribution in [2.75, 3.05) is 13.1 Å². The molecule has 1 aliphatic carbocycles. The SMILES string of the molecule is NC[C@H]1CCC[C@H]1C(=O)NC1CCCCNC1=O. The zero-order chi connectivity index (χ0) is 13.0. The van der Waals surface area contributed by atoms with Gasteiger partial charge in [0.15, 0.2) is 0 Å². The van der Waals surface area contributed by atoms with E-state index in [9.17, 15) is 9.59 Å². The molecule has 0 aromatic carbocycles. The summed E-state index contributed by atoms with van der Waals surface area (Å²) >= 11 is 0. The molecule has 0 aromatic rings. The summed E-state index contributed by atoms with van der Waals surface area (Å²) < 4.78 is 0. The number of carbonyl (C=O) groups excluding carboxylic acids is 2. The second kappa shape index (κ2) is 6.18. The first-order valence-corrected chi connectivity index (χ1v) is 7.00. The van der Waals surface area contributed by atoms with Gasteiger partial charge in [0, 0.05) is 12.5 Å². The van der Waals surface area contributed by atoms with Gasteiger partial charge in [0.25, 0.3) is 0 Å². The second-order valence-corrected chi connectivity index (χ2v) is 5.38. The minimum atomic E-state index is -0.348. The highest BCUT2D eigenvalue weighted by atomic mass is 16.2. The molecular formula is C13H23N3O2. The van der Waals surface area contributed by atoms with Crippen LogP contribution in [0.1, 0.15) is 38.5 Å². The molecule has 2 amide bonds. The van der Waals surface area contributed by atoms with Crippen LogP contribution >= 0.6 is 0 Å². The molecule has 102 valence electrons. The molecule has 3 atom stereocenters. The number of hydrogen-bond donors (Lipinski definition) is 3. The van der Waals surface area contributed by atoms with Gasteiger partial charge in [0.05, 0.1) is 0 Å².